The molecule has 1 aromatic heterocycles. The number of anilines is 2. The average Bonchev–Trinajstić information content (AvgIpc) is 2.81. The predicted octanol–water partition coefficient (Wildman–Crippen LogP) is 5.11. The zero-order valence-electron chi connectivity index (χ0n) is 18.8. The molecule has 2 N–H and O–H groups in total. The summed E-state index contributed by atoms with van der Waals surface area (Å²) in [6.07, 6.45) is 0. The topological polar surface area (TPSA) is 93.2 Å². The summed E-state index contributed by atoms with van der Waals surface area (Å²) >= 11 is 0. The number of fused-ring (bicyclic) bond motifs is 4. The van der Waals surface area contributed by atoms with Crippen molar-refractivity contribution in [3.8, 4) is 17.1 Å². The fourth-order valence-corrected chi connectivity index (χ4v) is 5.09. The van der Waals surface area contributed by atoms with Crippen molar-refractivity contribution in [3.63, 3.8) is 0 Å². The van der Waals surface area contributed by atoms with Gasteiger partial charge >= 0.3 is 0 Å². The molecule has 0 unspecified atom stereocenters. The van der Waals surface area contributed by atoms with Gasteiger partial charge in [0.15, 0.2) is 0 Å². The number of aromatic nitrogens is 2. The van der Waals surface area contributed by atoms with Crippen molar-refractivity contribution in [1.82, 2.24) is 9.97 Å². The SMILES string of the molecule is Cc1cccc(C)c1-c1cc2nc(n1)NS(=O)(=O)c1cccc(c1)N[C@@H](c1ccccc1)CO2. The molecule has 0 spiro atoms. The van der Waals surface area contributed by atoms with Crippen LogP contribution in [-0.4, -0.2) is 25.0 Å². The number of rotatable bonds is 2. The highest BCUT2D eigenvalue weighted by Gasteiger charge is 2.22. The summed E-state index contributed by atoms with van der Waals surface area (Å²) in [5.74, 6) is 0.252. The quantitative estimate of drug-likeness (QED) is 0.421. The molecule has 7 nitrogen and oxygen atoms in total. The second-order valence-corrected chi connectivity index (χ2v) is 9.92. The van der Waals surface area contributed by atoms with Gasteiger partial charge in [-0.05, 0) is 48.7 Å². The first-order valence-electron chi connectivity index (χ1n) is 10.9. The van der Waals surface area contributed by atoms with Gasteiger partial charge in [0.05, 0.1) is 16.6 Å². The fourth-order valence-electron chi connectivity index (χ4n) is 4.10. The maximum atomic E-state index is 13.2. The van der Waals surface area contributed by atoms with Crippen LogP contribution in [-0.2, 0) is 10.0 Å². The van der Waals surface area contributed by atoms with E-state index in [4.69, 9.17) is 4.74 Å². The largest absolute Gasteiger partial charge is 0.475 e. The van der Waals surface area contributed by atoms with Crippen LogP contribution in [0.15, 0.2) is 83.8 Å². The molecule has 0 saturated heterocycles. The first kappa shape index (κ1) is 21.9. The molecule has 4 bridgehead atoms. The van der Waals surface area contributed by atoms with Gasteiger partial charge in [-0.25, -0.2) is 18.1 Å². The van der Waals surface area contributed by atoms with E-state index >= 15 is 0 Å². The molecule has 5 rings (SSSR count). The molecule has 0 saturated carbocycles. The molecule has 1 atom stereocenters. The lowest BCUT2D eigenvalue weighted by atomic mass is 10.00. The molecule has 0 radical (unpaired) electrons. The number of aryl methyl sites for hydroxylation is 2. The molecule has 4 aromatic rings. The Labute approximate surface area is 198 Å². The third kappa shape index (κ3) is 4.45. The molecule has 1 aliphatic rings. The van der Waals surface area contributed by atoms with E-state index in [0.717, 1.165) is 22.3 Å². The normalized spacial score (nSPS) is 16.7. The number of sulfonamides is 1. The number of nitrogens with one attached hydrogen (secondary N) is 2. The van der Waals surface area contributed by atoms with Crippen molar-refractivity contribution in [2.45, 2.75) is 24.8 Å². The Morgan fingerprint density at radius 1 is 0.882 bits per heavy atom. The molecule has 34 heavy (non-hydrogen) atoms. The van der Waals surface area contributed by atoms with Crippen LogP contribution in [0.5, 0.6) is 5.88 Å². The number of ether oxygens (including phenoxy) is 1. The number of nitrogens with zero attached hydrogens (tertiary/aromatic N) is 2. The first-order valence-corrected chi connectivity index (χ1v) is 12.4. The summed E-state index contributed by atoms with van der Waals surface area (Å²) < 4.78 is 35.0. The molecule has 1 aliphatic heterocycles. The van der Waals surface area contributed by atoms with Gasteiger partial charge in [-0.2, -0.15) is 4.98 Å². The van der Waals surface area contributed by atoms with Crippen molar-refractivity contribution >= 4 is 21.7 Å². The van der Waals surface area contributed by atoms with Gasteiger partial charge in [-0.3, -0.25) is 0 Å². The maximum absolute atomic E-state index is 13.2. The van der Waals surface area contributed by atoms with Crippen LogP contribution in [0.4, 0.5) is 11.6 Å². The molecule has 0 amide bonds. The van der Waals surface area contributed by atoms with Crippen molar-refractivity contribution in [2.24, 2.45) is 0 Å². The summed E-state index contributed by atoms with van der Waals surface area (Å²) in [7, 11) is -3.92. The third-order valence-corrected chi connectivity index (χ3v) is 7.08. The number of hydrogen-bond acceptors (Lipinski definition) is 6. The molecule has 172 valence electrons. The van der Waals surface area contributed by atoms with Gasteiger partial charge in [-0.15, -0.1) is 0 Å². The minimum Gasteiger partial charge on any atom is -0.475 e. The highest BCUT2D eigenvalue weighted by atomic mass is 32.2. The van der Waals surface area contributed by atoms with E-state index in [2.05, 4.69) is 20.0 Å². The van der Waals surface area contributed by atoms with Gasteiger partial charge in [0.25, 0.3) is 10.0 Å². The Bertz CT molecular complexity index is 1440. The van der Waals surface area contributed by atoms with Crippen LogP contribution >= 0.6 is 0 Å². The van der Waals surface area contributed by atoms with Crippen LogP contribution in [0.1, 0.15) is 22.7 Å². The number of hydrogen-bond donors (Lipinski definition) is 2. The Kier molecular flexibility index (Phi) is 5.67. The van der Waals surface area contributed by atoms with Gasteiger partial charge in [0.2, 0.25) is 11.8 Å². The lowest BCUT2D eigenvalue weighted by Gasteiger charge is -2.22. The maximum Gasteiger partial charge on any atom is 0.264 e. The van der Waals surface area contributed by atoms with E-state index in [-0.39, 0.29) is 29.4 Å². The Hall–Kier alpha value is -3.91. The summed E-state index contributed by atoms with van der Waals surface area (Å²) in [5, 5.41) is 3.40. The Balaban J connectivity index is 1.65. The van der Waals surface area contributed by atoms with Crippen LogP contribution in [0.2, 0.25) is 0 Å². The monoisotopic (exact) mass is 472 g/mol. The standard InChI is InChI=1S/C26H24N4O3S/c1-17-8-6-9-18(2)25(17)22-15-24-29-26(28-22)30-34(31,32)21-13-7-12-20(14-21)27-23(16-33-24)19-10-4-3-5-11-19/h3-15,23,27H,16H2,1-2H3,(H,28,29,30)/t23-/m1/s1. The average molecular weight is 473 g/mol. The molecule has 3 aromatic carbocycles. The molecular weight excluding hydrogens is 448 g/mol. The van der Waals surface area contributed by atoms with E-state index in [1.165, 1.54) is 0 Å². The van der Waals surface area contributed by atoms with E-state index < -0.39 is 10.0 Å². The zero-order chi connectivity index (χ0) is 23.7. The van der Waals surface area contributed by atoms with Crippen molar-refractivity contribution in [2.75, 3.05) is 16.6 Å². The summed E-state index contributed by atoms with van der Waals surface area (Å²) in [5.41, 5.74) is 5.24. The van der Waals surface area contributed by atoms with Gasteiger partial charge in [0.1, 0.15) is 6.61 Å². The summed E-state index contributed by atoms with van der Waals surface area (Å²) in [6.45, 7) is 4.27. The molecule has 0 fully saturated rings. The number of benzene rings is 3. The molecule has 2 heterocycles. The zero-order valence-corrected chi connectivity index (χ0v) is 19.6. The van der Waals surface area contributed by atoms with Gasteiger partial charge in [-0.1, -0.05) is 54.6 Å². The highest BCUT2D eigenvalue weighted by Crippen LogP contribution is 2.31. The van der Waals surface area contributed by atoms with Crippen molar-refractivity contribution in [3.05, 3.63) is 95.6 Å². The smallest absolute Gasteiger partial charge is 0.264 e. The van der Waals surface area contributed by atoms with Gasteiger partial charge < -0.3 is 10.1 Å². The molecular formula is C26H24N4O3S. The lowest BCUT2D eigenvalue weighted by Crippen LogP contribution is -2.21. The van der Waals surface area contributed by atoms with E-state index in [1.54, 1.807) is 24.3 Å². The minimum atomic E-state index is -3.92. The van der Waals surface area contributed by atoms with E-state index in [9.17, 15) is 8.42 Å². The second kappa shape index (κ2) is 8.79. The summed E-state index contributed by atoms with van der Waals surface area (Å²) in [6, 6.07) is 24.0. The lowest BCUT2D eigenvalue weighted by molar-refractivity contribution is 0.288. The second-order valence-electron chi connectivity index (χ2n) is 8.23. The van der Waals surface area contributed by atoms with E-state index in [0.29, 0.717) is 11.4 Å². The Morgan fingerprint density at radius 3 is 2.38 bits per heavy atom. The van der Waals surface area contributed by atoms with Crippen LogP contribution < -0.4 is 14.8 Å². The van der Waals surface area contributed by atoms with Crippen LogP contribution in [0.3, 0.4) is 0 Å². The highest BCUT2D eigenvalue weighted by molar-refractivity contribution is 7.92. The predicted molar refractivity (Wildman–Crippen MR) is 132 cm³/mol. The van der Waals surface area contributed by atoms with Crippen LogP contribution in [0.25, 0.3) is 11.3 Å². The van der Waals surface area contributed by atoms with Crippen molar-refractivity contribution in [1.29, 1.82) is 0 Å². The minimum absolute atomic E-state index is 0.0367. The van der Waals surface area contributed by atoms with Crippen molar-refractivity contribution < 1.29 is 13.2 Å². The molecule has 8 heteroatoms. The molecule has 0 aliphatic carbocycles. The fraction of sp³-hybridized carbons (Fsp3) is 0.154. The van der Waals surface area contributed by atoms with Crippen LogP contribution in [0, 0.1) is 13.8 Å². The van der Waals surface area contributed by atoms with Gasteiger partial charge in [0, 0.05) is 17.3 Å². The third-order valence-electron chi connectivity index (χ3n) is 5.75. The van der Waals surface area contributed by atoms with E-state index in [1.807, 2.05) is 68.4 Å². The summed E-state index contributed by atoms with van der Waals surface area (Å²) in [4.78, 5) is 9.02. The first-order chi connectivity index (χ1) is 16.4. The Morgan fingerprint density at radius 2 is 1.62 bits per heavy atom.